The fraction of sp³-hybridized carbons (Fsp3) is 0.542. The third kappa shape index (κ3) is 4.53. The number of carbonyl (C=O) groups excluding carboxylic acids is 3. The summed E-state index contributed by atoms with van der Waals surface area (Å²) in [4.78, 5) is 39.8. The summed E-state index contributed by atoms with van der Waals surface area (Å²) in [7, 11) is 0. The molecule has 0 saturated carbocycles. The predicted octanol–water partition coefficient (Wildman–Crippen LogP) is 0.296. The van der Waals surface area contributed by atoms with Gasteiger partial charge in [0.2, 0.25) is 11.7 Å². The van der Waals surface area contributed by atoms with E-state index >= 15 is 0 Å². The highest BCUT2D eigenvalue weighted by molar-refractivity contribution is 6.36. The van der Waals surface area contributed by atoms with Crippen molar-refractivity contribution in [3.05, 3.63) is 41.5 Å². The Balaban J connectivity index is 1.74. The van der Waals surface area contributed by atoms with E-state index in [4.69, 9.17) is 14.6 Å². The van der Waals surface area contributed by atoms with Gasteiger partial charge in [-0.25, -0.2) is 0 Å². The van der Waals surface area contributed by atoms with Crippen LogP contribution in [0.3, 0.4) is 0 Å². The average molecular weight is 459 g/mol. The van der Waals surface area contributed by atoms with Crippen LogP contribution in [0.1, 0.15) is 37.7 Å². The van der Waals surface area contributed by atoms with Gasteiger partial charge >= 0.3 is 0 Å². The zero-order valence-corrected chi connectivity index (χ0v) is 18.6. The second kappa shape index (κ2) is 10.0. The van der Waals surface area contributed by atoms with Gasteiger partial charge in [-0.05, 0) is 25.0 Å². The van der Waals surface area contributed by atoms with Crippen LogP contribution in [0.4, 0.5) is 0 Å². The zero-order chi connectivity index (χ0) is 23.5. The molecule has 33 heavy (non-hydrogen) atoms. The van der Waals surface area contributed by atoms with Crippen LogP contribution in [-0.2, 0) is 19.1 Å². The number of amides is 2. The van der Waals surface area contributed by atoms with Crippen molar-refractivity contribution in [3.8, 4) is 5.75 Å². The summed E-state index contributed by atoms with van der Waals surface area (Å²) < 4.78 is 11.7. The van der Waals surface area contributed by atoms with Gasteiger partial charge in [0.1, 0.15) is 18.0 Å². The number of hydrogen-bond donors (Lipinski definition) is 3. The second-order valence-corrected chi connectivity index (χ2v) is 8.55. The maximum atomic E-state index is 13.1. The molecule has 178 valence electrons. The van der Waals surface area contributed by atoms with Gasteiger partial charge in [-0.2, -0.15) is 0 Å². The van der Waals surface area contributed by atoms with Gasteiger partial charge in [-0.15, -0.1) is 0 Å². The first-order chi connectivity index (χ1) is 16.0. The molecule has 1 fully saturated rings. The SMILES string of the molecule is CCC(=O)C(=O)N(C[C@@H]1CCCO1)[C@@H]1C=C(C(=O)NCCO)[C@@H]2c3ccccc3O[C@@H]2[C@H]1O. The molecule has 0 aromatic heterocycles. The Labute approximate surface area is 192 Å². The molecule has 0 radical (unpaired) electrons. The molecule has 1 aromatic carbocycles. The van der Waals surface area contributed by atoms with Crippen LogP contribution in [0.15, 0.2) is 35.9 Å². The fourth-order valence-corrected chi connectivity index (χ4v) is 4.85. The van der Waals surface area contributed by atoms with Crippen molar-refractivity contribution in [3.63, 3.8) is 0 Å². The molecule has 2 heterocycles. The molecule has 9 nitrogen and oxygen atoms in total. The first-order valence-corrected chi connectivity index (χ1v) is 11.5. The number of hydrogen-bond acceptors (Lipinski definition) is 7. The van der Waals surface area contributed by atoms with Crippen LogP contribution >= 0.6 is 0 Å². The molecule has 1 aromatic rings. The van der Waals surface area contributed by atoms with Gasteiger partial charge in [-0.1, -0.05) is 25.1 Å². The Morgan fingerprint density at radius 2 is 2.03 bits per heavy atom. The van der Waals surface area contributed by atoms with E-state index in [2.05, 4.69) is 5.32 Å². The van der Waals surface area contributed by atoms with Crippen molar-refractivity contribution in [1.82, 2.24) is 10.2 Å². The number of rotatable bonds is 8. The molecule has 0 spiro atoms. The van der Waals surface area contributed by atoms with Gasteiger partial charge in [0.05, 0.1) is 24.7 Å². The van der Waals surface area contributed by atoms with Crippen molar-refractivity contribution < 1.29 is 34.1 Å². The lowest BCUT2D eigenvalue weighted by Crippen LogP contribution is -2.58. The molecule has 5 atom stereocenters. The number of aliphatic hydroxyl groups is 2. The summed E-state index contributed by atoms with van der Waals surface area (Å²) in [5.74, 6) is -1.67. The first-order valence-electron chi connectivity index (χ1n) is 11.5. The summed E-state index contributed by atoms with van der Waals surface area (Å²) in [5.41, 5.74) is 1.11. The summed E-state index contributed by atoms with van der Waals surface area (Å²) in [6.07, 6.45) is 0.996. The number of fused-ring (bicyclic) bond motifs is 3. The highest BCUT2D eigenvalue weighted by Gasteiger charge is 2.51. The summed E-state index contributed by atoms with van der Waals surface area (Å²) in [6, 6.07) is 6.31. The maximum absolute atomic E-state index is 13.1. The van der Waals surface area contributed by atoms with Crippen LogP contribution in [0.2, 0.25) is 0 Å². The lowest BCUT2D eigenvalue weighted by Gasteiger charge is -2.41. The van der Waals surface area contributed by atoms with E-state index < -0.39 is 41.8 Å². The first kappa shape index (κ1) is 23.4. The van der Waals surface area contributed by atoms with Gasteiger partial charge in [0, 0.05) is 37.3 Å². The minimum atomic E-state index is -1.16. The van der Waals surface area contributed by atoms with Crippen LogP contribution in [0, 0.1) is 0 Å². The summed E-state index contributed by atoms with van der Waals surface area (Å²) in [6.45, 7) is 2.17. The molecular weight excluding hydrogens is 428 g/mol. The van der Waals surface area contributed by atoms with Crippen LogP contribution in [0.25, 0.3) is 0 Å². The van der Waals surface area contributed by atoms with E-state index in [0.29, 0.717) is 17.9 Å². The minimum absolute atomic E-state index is 0.0330. The third-order valence-corrected chi connectivity index (χ3v) is 6.48. The monoisotopic (exact) mass is 458 g/mol. The molecule has 4 rings (SSSR count). The quantitative estimate of drug-likeness (QED) is 0.478. The van der Waals surface area contributed by atoms with Gasteiger partial charge in [-0.3, -0.25) is 14.4 Å². The fourth-order valence-electron chi connectivity index (χ4n) is 4.85. The molecular formula is C24H30N2O7. The number of nitrogens with zero attached hydrogens (tertiary/aromatic N) is 1. The smallest absolute Gasteiger partial charge is 0.290 e. The number of ketones is 1. The van der Waals surface area contributed by atoms with E-state index in [1.165, 1.54) is 4.90 Å². The van der Waals surface area contributed by atoms with Gasteiger partial charge < -0.3 is 29.9 Å². The zero-order valence-electron chi connectivity index (χ0n) is 18.6. The maximum Gasteiger partial charge on any atom is 0.290 e. The Hall–Kier alpha value is -2.75. The molecule has 1 saturated heterocycles. The van der Waals surface area contributed by atoms with Crippen molar-refractivity contribution in [1.29, 1.82) is 0 Å². The highest BCUT2D eigenvalue weighted by Crippen LogP contribution is 2.47. The lowest BCUT2D eigenvalue weighted by molar-refractivity contribution is -0.149. The summed E-state index contributed by atoms with van der Waals surface area (Å²) >= 11 is 0. The molecule has 3 N–H and O–H groups in total. The summed E-state index contributed by atoms with van der Waals surface area (Å²) in [5, 5.41) is 23.2. The predicted molar refractivity (Wildman–Crippen MR) is 118 cm³/mol. The topological polar surface area (TPSA) is 125 Å². The van der Waals surface area contributed by atoms with Gasteiger partial charge in [0.25, 0.3) is 5.91 Å². The number of carbonyl (C=O) groups is 3. The molecule has 3 aliphatic rings. The van der Waals surface area contributed by atoms with Crippen LogP contribution < -0.4 is 10.1 Å². The van der Waals surface area contributed by atoms with Crippen LogP contribution in [-0.4, -0.2) is 83.4 Å². The minimum Gasteiger partial charge on any atom is -0.486 e. The van der Waals surface area contributed by atoms with Crippen molar-refractivity contribution in [2.45, 2.75) is 56.5 Å². The number of benzene rings is 1. The lowest BCUT2D eigenvalue weighted by atomic mass is 9.77. The van der Waals surface area contributed by atoms with E-state index in [1.54, 1.807) is 19.1 Å². The Morgan fingerprint density at radius 3 is 2.73 bits per heavy atom. The molecule has 2 amide bonds. The second-order valence-electron chi connectivity index (χ2n) is 8.55. The Kier molecular flexibility index (Phi) is 7.11. The molecule has 0 unspecified atom stereocenters. The molecule has 2 aliphatic heterocycles. The van der Waals surface area contributed by atoms with Crippen molar-refractivity contribution in [2.24, 2.45) is 0 Å². The Bertz CT molecular complexity index is 940. The van der Waals surface area contributed by atoms with E-state index in [-0.39, 0.29) is 32.2 Å². The molecule has 0 bridgehead atoms. The number of nitrogens with one attached hydrogen (secondary N) is 1. The number of para-hydroxylation sites is 1. The normalized spacial score (nSPS) is 27.7. The average Bonchev–Trinajstić information content (AvgIpc) is 3.49. The van der Waals surface area contributed by atoms with Gasteiger partial charge in [0.15, 0.2) is 0 Å². The Morgan fingerprint density at radius 1 is 1.24 bits per heavy atom. The number of Topliss-reactive ketones (excluding diaryl/α,β-unsaturated/α-hetero) is 1. The number of ether oxygens (including phenoxy) is 2. The van der Waals surface area contributed by atoms with E-state index in [0.717, 1.165) is 18.4 Å². The van der Waals surface area contributed by atoms with E-state index in [9.17, 15) is 19.5 Å². The standard InChI is InChI=1S/C24H30N2O7/c1-2-18(28)24(31)26(13-14-6-5-11-32-14)17-12-16(23(30)25-9-10-27)20-15-7-3-4-8-19(15)33-22(20)21(17)29/h3-4,7-8,12,14,17,20-22,27,29H,2,5-6,9-11,13H2,1H3,(H,25,30)/t14-,17+,20-,21-,22-/m0/s1. The highest BCUT2D eigenvalue weighted by atomic mass is 16.5. The van der Waals surface area contributed by atoms with Crippen molar-refractivity contribution >= 4 is 17.6 Å². The third-order valence-electron chi connectivity index (χ3n) is 6.48. The van der Waals surface area contributed by atoms with Crippen molar-refractivity contribution in [2.75, 3.05) is 26.3 Å². The molecule has 9 heteroatoms. The van der Waals surface area contributed by atoms with E-state index in [1.807, 2.05) is 18.2 Å². The number of aliphatic hydroxyl groups excluding tert-OH is 2. The van der Waals surface area contributed by atoms with Crippen LogP contribution in [0.5, 0.6) is 5.75 Å². The largest absolute Gasteiger partial charge is 0.486 e. The molecule has 1 aliphatic carbocycles.